The number of imidazole rings is 1. The molecule has 1 aliphatic rings. The zero-order valence-corrected chi connectivity index (χ0v) is 16.7. The third kappa shape index (κ3) is 5.38. The van der Waals surface area contributed by atoms with Gasteiger partial charge in [0.05, 0.1) is 0 Å². The summed E-state index contributed by atoms with van der Waals surface area (Å²) in [5.41, 5.74) is 0. The van der Waals surface area contributed by atoms with Crippen molar-refractivity contribution in [3.05, 3.63) is 29.9 Å². The van der Waals surface area contributed by atoms with Gasteiger partial charge < -0.3 is 14.4 Å². The number of amides is 1. The zero-order chi connectivity index (χ0) is 19.2. The van der Waals surface area contributed by atoms with Crippen LogP contribution < -0.4 is 0 Å². The highest BCUT2D eigenvalue weighted by Gasteiger charge is 2.27. The number of aromatic nitrogens is 5. The lowest BCUT2D eigenvalue weighted by molar-refractivity contribution is -0.132. The van der Waals surface area contributed by atoms with Gasteiger partial charge in [0.15, 0.2) is 5.82 Å². The number of carbonyl (C=O) groups is 1. The van der Waals surface area contributed by atoms with Gasteiger partial charge in [-0.1, -0.05) is 0 Å². The molecule has 27 heavy (non-hydrogen) atoms. The summed E-state index contributed by atoms with van der Waals surface area (Å²) < 4.78 is 2.26. The monoisotopic (exact) mass is 373 g/mol. The predicted octanol–water partition coefficient (Wildman–Crippen LogP) is 1.60. The first-order valence-electron chi connectivity index (χ1n) is 9.84. The van der Waals surface area contributed by atoms with E-state index < -0.39 is 0 Å². The summed E-state index contributed by atoms with van der Waals surface area (Å²) >= 11 is 0. The standard InChI is InChI=1S/C19H31N7O/c1-15-21-17(23-22-15)7-8-18(27)26-11-4-6-16(14-26)19-20-9-13-25(19)12-5-10-24(2)3/h9,13,16H,4-8,10-12,14H2,1-3H3,(H,21,22,23)/t16-/m0/s1. The molecule has 3 rings (SSSR count). The fourth-order valence-corrected chi connectivity index (χ4v) is 3.72. The minimum absolute atomic E-state index is 0.188. The van der Waals surface area contributed by atoms with E-state index in [1.807, 2.05) is 18.0 Å². The second kappa shape index (κ2) is 9.12. The summed E-state index contributed by atoms with van der Waals surface area (Å²) in [6.07, 6.45) is 8.22. The van der Waals surface area contributed by atoms with E-state index in [2.05, 4.69) is 49.9 Å². The Hall–Kier alpha value is -2.22. The molecule has 8 heteroatoms. The van der Waals surface area contributed by atoms with E-state index in [-0.39, 0.29) is 5.91 Å². The summed E-state index contributed by atoms with van der Waals surface area (Å²) in [5, 5.41) is 6.94. The van der Waals surface area contributed by atoms with Crippen LogP contribution in [-0.4, -0.2) is 74.2 Å². The van der Waals surface area contributed by atoms with Crippen LogP contribution in [0.1, 0.15) is 49.1 Å². The van der Waals surface area contributed by atoms with Crippen molar-refractivity contribution >= 4 is 5.91 Å². The molecule has 1 fully saturated rings. The molecule has 2 aromatic rings. The van der Waals surface area contributed by atoms with E-state index >= 15 is 0 Å². The van der Waals surface area contributed by atoms with Gasteiger partial charge in [-0.05, 0) is 46.8 Å². The van der Waals surface area contributed by atoms with Crippen molar-refractivity contribution in [2.45, 2.75) is 51.5 Å². The summed E-state index contributed by atoms with van der Waals surface area (Å²) in [6, 6.07) is 0. The van der Waals surface area contributed by atoms with Crippen molar-refractivity contribution in [1.82, 2.24) is 34.5 Å². The van der Waals surface area contributed by atoms with Gasteiger partial charge in [-0.15, -0.1) is 0 Å². The van der Waals surface area contributed by atoms with Crippen LogP contribution in [0.5, 0.6) is 0 Å². The maximum Gasteiger partial charge on any atom is 0.223 e. The van der Waals surface area contributed by atoms with E-state index in [9.17, 15) is 4.79 Å². The summed E-state index contributed by atoms with van der Waals surface area (Å²) in [5.74, 6) is 3.13. The van der Waals surface area contributed by atoms with Crippen molar-refractivity contribution in [2.24, 2.45) is 0 Å². The SMILES string of the molecule is Cc1nc(CCC(=O)N2CCC[C@H](c3nccn3CCCN(C)C)C2)n[nH]1. The van der Waals surface area contributed by atoms with E-state index in [1.165, 1.54) is 0 Å². The van der Waals surface area contributed by atoms with Crippen LogP contribution in [0.3, 0.4) is 0 Å². The Morgan fingerprint density at radius 3 is 3.00 bits per heavy atom. The van der Waals surface area contributed by atoms with E-state index in [4.69, 9.17) is 0 Å². The summed E-state index contributed by atoms with van der Waals surface area (Å²) in [4.78, 5) is 25.7. The van der Waals surface area contributed by atoms with Crippen molar-refractivity contribution < 1.29 is 4.79 Å². The van der Waals surface area contributed by atoms with Crippen LogP contribution in [0, 0.1) is 6.92 Å². The van der Waals surface area contributed by atoms with Gasteiger partial charge in [0.25, 0.3) is 0 Å². The van der Waals surface area contributed by atoms with Gasteiger partial charge >= 0.3 is 0 Å². The number of rotatable bonds is 8. The second-order valence-electron chi connectivity index (χ2n) is 7.65. The Morgan fingerprint density at radius 1 is 1.41 bits per heavy atom. The molecule has 0 saturated carbocycles. The van der Waals surface area contributed by atoms with Gasteiger partial charge in [0, 0.05) is 50.8 Å². The molecule has 148 valence electrons. The Labute approximate surface area is 161 Å². The number of nitrogens with one attached hydrogen (secondary N) is 1. The average Bonchev–Trinajstić information content (AvgIpc) is 3.28. The number of aryl methyl sites for hydroxylation is 3. The van der Waals surface area contributed by atoms with Crippen molar-refractivity contribution in [3.63, 3.8) is 0 Å². The third-order valence-corrected chi connectivity index (χ3v) is 5.10. The first kappa shape index (κ1) is 19.5. The lowest BCUT2D eigenvalue weighted by atomic mass is 9.96. The molecule has 1 aliphatic heterocycles. The number of hydrogen-bond donors (Lipinski definition) is 1. The molecule has 0 unspecified atom stereocenters. The highest BCUT2D eigenvalue weighted by atomic mass is 16.2. The van der Waals surface area contributed by atoms with Crippen molar-refractivity contribution in [1.29, 1.82) is 0 Å². The van der Waals surface area contributed by atoms with E-state index in [0.717, 1.165) is 57.1 Å². The minimum atomic E-state index is 0.188. The number of carbonyl (C=O) groups excluding carboxylic acids is 1. The van der Waals surface area contributed by atoms with Crippen LogP contribution in [0.25, 0.3) is 0 Å². The Morgan fingerprint density at radius 2 is 2.26 bits per heavy atom. The lowest BCUT2D eigenvalue weighted by Crippen LogP contribution is -2.40. The molecule has 1 saturated heterocycles. The maximum atomic E-state index is 12.7. The van der Waals surface area contributed by atoms with Gasteiger partial charge in [-0.25, -0.2) is 9.97 Å². The van der Waals surface area contributed by atoms with Crippen LogP contribution >= 0.6 is 0 Å². The minimum Gasteiger partial charge on any atom is -0.342 e. The van der Waals surface area contributed by atoms with Gasteiger partial charge in [0.2, 0.25) is 5.91 Å². The molecule has 0 radical (unpaired) electrons. The Bertz CT molecular complexity index is 736. The first-order valence-corrected chi connectivity index (χ1v) is 9.84. The second-order valence-corrected chi connectivity index (χ2v) is 7.65. The molecule has 1 N–H and O–H groups in total. The third-order valence-electron chi connectivity index (χ3n) is 5.10. The first-order chi connectivity index (χ1) is 13.0. The number of piperidine rings is 1. The summed E-state index contributed by atoms with van der Waals surface area (Å²) in [7, 11) is 4.19. The molecule has 0 spiro atoms. The molecule has 3 heterocycles. The Kier molecular flexibility index (Phi) is 6.60. The molecule has 0 bridgehead atoms. The molecule has 0 aliphatic carbocycles. The highest BCUT2D eigenvalue weighted by molar-refractivity contribution is 5.76. The van der Waals surface area contributed by atoms with Crippen LogP contribution in [-0.2, 0) is 17.8 Å². The molecule has 2 aromatic heterocycles. The van der Waals surface area contributed by atoms with Gasteiger partial charge in [0.1, 0.15) is 11.6 Å². The highest BCUT2D eigenvalue weighted by Crippen LogP contribution is 2.26. The lowest BCUT2D eigenvalue weighted by Gasteiger charge is -2.32. The van der Waals surface area contributed by atoms with E-state index in [1.54, 1.807) is 0 Å². The smallest absolute Gasteiger partial charge is 0.223 e. The quantitative estimate of drug-likeness (QED) is 0.760. The summed E-state index contributed by atoms with van der Waals surface area (Å²) in [6.45, 7) is 5.50. The van der Waals surface area contributed by atoms with Gasteiger partial charge in [-0.3, -0.25) is 9.89 Å². The van der Waals surface area contributed by atoms with Crippen LogP contribution in [0.15, 0.2) is 12.4 Å². The molecule has 8 nitrogen and oxygen atoms in total. The van der Waals surface area contributed by atoms with Crippen molar-refractivity contribution in [2.75, 3.05) is 33.7 Å². The molecular weight excluding hydrogens is 342 g/mol. The number of nitrogens with zero attached hydrogens (tertiary/aromatic N) is 6. The largest absolute Gasteiger partial charge is 0.342 e. The topological polar surface area (TPSA) is 82.9 Å². The average molecular weight is 374 g/mol. The molecular formula is C19H31N7O. The van der Waals surface area contributed by atoms with Crippen LogP contribution in [0.2, 0.25) is 0 Å². The number of aromatic amines is 1. The number of hydrogen-bond acceptors (Lipinski definition) is 5. The maximum absolute atomic E-state index is 12.7. The number of likely N-dealkylation sites (tertiary alicyclic amines) is 1. The van der Waals surface area contributed by atoms with Crippen LogP contribution in [0.4, 0.5) is 0 Å². The zero-order valence-electron chi connectivity index (χ0n) is 16.7. The molecule has 0 aromatic carbocycles. The Balaban J connectivity index is 1.54. The fourth-order valence-electron chi connectivity index (χ4n) is 3.72. The normalized spacial score (nSPS) is 17.6. The fraction of sp³-hybridized carbons (Fsp3) is 0.684. The van der Waals surface area contributed by atoms with Crippen molar-refractivity contribution in [3.8, 4) is 0 Å². The molecule has 1 atom stereocenters. The number of H-pyrrole nitrogens is 1. The molecule has 1 amide bonds. The predicted molar refractivity (Wildman–Crippen MR) is 103 cm³/mol. The van der Waals surface area contributed by atoms with Gasteiger partial charge in [-0.2, -0.15) is 5.10 Å². The van der Waals surface area contributed by atoms with E-state index in [0.29, 0.717) is 24.6 Å².